The average molecular weight is 516 g/mol. The van der Waals surface area contributed by atoms with Crippen LogP contribution in [0.25, 0.3) is 0 Å². The highest BCUT2D eigenvalue weighted by atomic mass is 127. The summed E-state index contributed by atoms with van der Waals surface area (Å²) in [6.45, 7) is 0.241. The molecule has 0 spiro atoms. The molecule has 0 fully saturated rings. The molecule has 2 aromatic carbocycles. The van der Waals surface area contributed by atoms with Crippen LogP contribution < -0.4 is 15.8 Å². The van der Waals surface area contributed by atoms with Crippen LogP contribution in [0.5, 0.6) is 5.75 Å². The van der Waals surface area contributed by atoms with Crippen molar-refractivity contribution >= 4 is 47.2 Å². The van der Waals surface area contributed by atoms with Crippen molar-refractivity contribution in [2.24, 2.45) is 10.7 Å². The van der Waals surface area contributed by atoms with Gasteiger partial charge in [-0.1, -0.05) is 23.7 Å². The number of alkyl halides is 3. The SMILES string of the molecule is COC(CN=C(N)Nc1ccc(OC(F)(F)F)cc1)c1cccc(Cl)c1.I. The molecule has 148 valence electrons. The van der Waals surface area contributed by atoms with E-state index in [-0.39, 0.29) is 48.3 Å². The molecule has 0 heterocycles. The summed E-state index contributed by atoms with van der Waals surface area (Å²) < 4.78 is 45.6. The van der Waals surface area contributed by atoms with Gasteiger partial charge in [0, 0.05) is 17.8 Å². The molecule has 1 unspecified atom stereocenters. The van der Waals surface area contributed by atoms with Crippen LogP contribution >= 0.6 is 35.6 Å². The van der Waals surface area contributed by atoms with Crippen LogP contribution in [-0.2, 0) is 4.74 Å². The number of nitrogens with zero attached hydrogens (tertiary/aromatic N) is 1. The number of nitrogens with two attached hydrogens (primary N) is 1. The molecular formula is C17H18ClF3IN3O2. The first-order valence-corrected chi connectivity index (χ1v) is 7.85. The topological polar surface area (TPSA) is 68.9 Å². The highest BCUT2D eigenvalue weighted by molar-refractivity contribution is 14.0. The fraction of sp³-hybridized carbons (Fsp3) is 0.235. The number of nitrogens with one attached hydrogen (secondary N) is 1. The van der Waals surface area contributed by atoms with Crippen LogP contribution in [0.3, 0.4) is 0 Å². The molecule has 5 nitrogen and oxygen atoms in total. The molecule has 2 rings (SSSR count). The molecule has 0 saturated carbocycles. The van der Waals surface area contributed by atoms with E-state index in [4.69, 9.17) is 22.1 Å². The molecule has 0 amide bonds. The van der Waals surface area contributed by atoms with E-state index in [0.717, 1.165) is 5.56 Å². The normalized spacial score (nSPS) is 12.9. The number of hydrogen-bond donors (Lipinski definition) is 2. The first-order valence-electron chi connectivity index (χ1n) is 7.48. The maximum Gasteiger partial charge on any atom is 0.573 e. The molecule has 0 aliphatic heterocycles. The fourth-order valence-electron chi connectivity index (χ4n) is 2.13. The Morgan fingerprint density at radius 1 is 1.22 bits per heavy atom. The molecule has 0 aliphatic rings. The Hall–Kier alpha value is -1.72. The highest BCUT2D eigenvalue weighted by Crippen LogP contribution is 2.24. The summed E-state index contributed by atoms with van der Waals surface area (Å²) in [7, 11) is 1.55. The summed E-state index contributed by atoms with van der Waals surface area (Å²) in [5, 5.41) is 3.37. The zero-order chi connectivity index (χ0) is 19.2. The summed E-state index contributed by atoms with van der Waals surface area (Å²) in [4.78, 5) is 4.18. The van der Waals surface area contributed by atoms with Gasteiger partial charge in [0.2, 0.25) is 0 Å². The van der Waals surface area contributed by atoms with Crippen LogP contribution in [0.1, 0.15) is 11.7 Å². The van der Waals surface area contributed by atoms with E-state index >= 15 is 0 Å². The second-order valence-corrected chi connectivity index (χ2v) is 5.64. The van der Waals surface area contributed by atoms with Crippen molar-refractivity contribution in [3.05, 3.63) is 59.1 Å². The maximum atomic E-state index is 12.1. The minimum absolute atomic E-state index is 0. The highest BCUT2D eigenvalue weighted by Gasteiger charge is 2.30. The van der Waals surface area contributed by atoms with Crippen LogP contribution in [0.2, 0.25) is 5.02 Å². The number of hydrogen-bond acceptors (Lipinski definition) is 3. The van der Waals surface area contributed by atoms with Gasteiger partial charge in [-0.2, -0.15) is 0 Å². The quantitative estimate of drug-likeness (QED) is 0.324. The lowest BCUT2D eigenvalue weighted by molar-refractivity contribution is -0.274. The summed E-state index contributed by atoms with van der Waals surface area (Å²) in [6.07, 6.45) is -5.07. The zero-order valence-electron chi connectivity index (χ0n) is 14.2. The Morgan fingerprint density at radius 2 is 1.89 bits per heavy atom. The maximum absolute atomic E-state index is 12.1. The number of ether oxygens (including phenoxy) is 2. The van der Waals surface area contributed by atoms with Gasteiger partial charge in [0.15, 0.2) is 5.96 Å². The standard InChI is InChI=1S/C17H17ClF3N3O2.HI/c1-25-15(11-3-2-4-12(18)9-11)10-23-16(22)24-13-5-7-14(8-6-13)26-17(19,20)21;/h2-9,15H,10H2,1H3,(H3,22,23,24);1H. The Balaban J connectivity index is 0.00000364. The predicted molar refractivity (Wildman–Crippen MR) is 110 cm³/mol. The van der Waals surface area contributed by atoms with Crippen molar-refractivity contribution in [2.45, 2.75) is 12.5 Å². The molecule has 0 saturated heterocycles. The molecule has 0 aromatic heterocycles. The monoisotopic (exact) mass is 515 g/mol. The van der Waals surface area contributed by atoms with Gasteiger partial charge in [0.1, 0.15) is 11.9 Å². The molecule has 1 atom stereocenters. The van der Waals surface area contributed by atoms with Gasteiger partial charge in [0.05, 0.1) is 6.54 Å². The van der Waals surface area contributed by atoms with Crippen molar-refractivity contribution < 1.29 is 22.6 Å². The first-order chi connectivity index (χ1) is 12.3. The van der Waals surface area contributed by atoms with Gasteiger partial charge < -0.3 is 20.5 Å². The lowest BCUT2D eigenvalue weighted by Gasteiger charge is -2.14. The van der Waals surface area contributed by atoms with E-state index in [2.05, 4.69) is 15.0 Å². The smallest absolute Gasteiger partial charge is 0.406 e. The molecule has 2 aromatic rings. The van der Waals surface area contributed by atoms with E-state index in [1.54, 1.807) is 25.3 Å². The number of guanidine groups is 1. The first kappa shape index (κ1) is 23.3. The molecule has 0 aliphatic carbocycles. The van der Waals surface area contributed by atoms with E-state index in [1.807, 2.05) is 6.07 Å². The van der Waals surface area contributed by atoms with Crippen molar-refractivity contribution in [2.75, 3.05) is 19.0 Å². The van der Waals surface area contributed by atoms with E-state index in [1.165, 1.54) is 24.3 Å². The van der Waals surface area contributed by atoms with E-state index in [9.17, 15) is 13.2 Å². The van der Waals surface area contributed by atoms with Gasteiger partial charge in [-0.05, 0) is 42.0 Å². The molecule has 10 heteroatoms. The van der Waals surface area contributed by atoms with Gasteiger partial charge in [-0.25, -0.2) is 0 Å². The minimum Gasteiger partial charge on any atom is -0.406 e. The van der Waals surface area contributed by atoms with Crippen LogP contribution in [0.15, 0.2) is 53.5 Å². The number of anilines is 1. The Kier molecular flexibility index (Phi) is 9.13. The lowest BCUT2D eigenvalue weighted by Crippen LogP contribution is -2.24. The van der Waals surface area contributed by atoms with Crippen molar-refractivity contribution in [1.29, 1.82) is 0 Å². The summed E-state index contributed by atoms with van der Waals surface area (Å²) in [5.41, 5.74) is 7.12. The predicted octanol–water partition coefficient (Wildman–Crippen LogP) is 4.97. The van der Waals surface area contributed by atoms with Crippen molar-refractivity contribution in [1.82, 2.24) is 0 Å². The molecule has 3 N–H and O–H groups in total. The molecule has 27 heavy (non-hydrogen) atoms. The van der Waals surface area contributed by atoms with Crippen molar-refractivity contribution in [3.63, 3.8) is 0 Å². The number of methoxy groups -OCH3 is 1. The summed E-state index contributed by atoms with van der Waals surface area (Å²) in [5.74, 6) is -0.225. The zero-order valence-corrected chi connectivity index (χ0v) is 17.3. The van der Waals surface area contributed by atoms with Crippen molar-refractivity contribution in [3.8, 4) is 5.75 Å². The third-order valence-corrected chi connectivity index (χ3v) is 3.53. The second kappa shape index (κ2) is 10.6. The Bertz CT molecular complexity index is 758. The van der Waals surface area contributed by atoms with Crippen LogP contribution in [0.4, 0.5) is 18.9 Å². The molecule has 0 radical (unpaired) electrons. The van der Waals surface area contributed by atoms with Gasteiger partial charge in [0.25, 0.3) is 0 Å². The fourth-order valence-corrected chi connectivity index (χ4v) is 2.33. The summed E-state index contributed by atoms with van der Waals surface area (Å²) in [6, 6.07) is 12.3. The minimum atomic E-state index is -4.73. The van der Waals surface area contributed by atoms with E-state index in [0.29, 0.717) is 10.7 Å². The van der Waals surface area contributed by atoms with E-state index < -0.39 is 6.36 Å². The number of halogens is 5. The second-order valence-electron chi connectivity index (χ2n) is 5.20. The van der Waals surface area contributed by atoms with Crippen LogP contribution in [-0.4, -0.2) is 26.0 Å². The Labute approximate surface area is 176 Å². The number of rotatable bonds is 6. The molecular weight excluding hydrogens is 498 g/mol. The largest absolute Gasteiger partial charge is 0.573 e. The number of aliphatic imine (C=N–C) groups is 1. The van der Waals surface area contributed by atoms with Gasteiger partial charge >= 0.3 is 6.36 Å². The third kappa shape index (κ3) is 8.22. The lowest BCUT2D eigenvalue weighted by atomic mass is 10.1. The van der Waals surface area contributed by atoms with Gasteiger partial charge in [-0.3, -0.25) is 4.99 Å². The van der Waals surface area contributed by atoms with Crippen LogP contribution in [0, 0.1) is 0 Å². The summed E-state index contributed by atoms with van der Waals surface area (Å²) >= 11 is 5.96. The third-order valence-electron chi connectivity index (χ3n) is 3.29. The van der Waals surface area contributed by atoms with Gasteiger partial charge in [-0.15, -0.1) is 37.1 Å². The Morgan fingerprint density at radius 3 is 2.44 bits per heavy atom. The number of benzene rings is 2. The average Bonchev–Trinajstić information content (AvgIpc) is 2.56. The molecule has 0 bridgehead atoms.